The number of aromatic nitrogens is 2. The number of hydrogen-bond donors (Lipinski definition) is 2. The first-order valence-electron chi connectivity index (χ1n) is 12.7. The minimum absolute atomic E-state index is 0.117. The van der Waals surface area contributed by atoms with E-state index in [2.05, 4.69) is 10.6 Å². The van der Waals surface area contributed by atoms with E-state index in [0.29, 0.717) is 28.6 Å². The molecule has 0 spiro atoms. The maximum Gasteiger partial charge on any atom is 0.322 e. The number of carbonyl (C=O) groups excluding carboxylic acids is 2. The molecule has 2 N–H and O–H groups in total. The number of urea groups is 1. The van der Waals surface area contributed by atoms with Crippen LogP contribution >= 0.6 is 23.2 Å². The van der Waals surface area contributed by atoms with Crippen molar-refractivity contribution >= 4 is 46.6 Å². The van der Waals surface area contributed by atoms with Crippen LogP contribution in [0.1, 0.15) is 32.0 Å². The van der Waals surface area contributed by atoms with Gasteiger partial charge in [0.15, 0.2) is 0 Å². The van der Waals surface area contributed by atoms with E-state index in [4.69, 9.17) is 28.3 Å². The van der Waals surface area contributed by atoms with Crippen molar-refractivity contribution < 1.29 is 14.0 Å². The molecule has 0 fully saturated rings. The van der Waals surface area contributed by atoms with E-state index in [-0.39, 0.29) is 23.5 Å². The molecule has 0 unspecified atom stereocenters. The molecule has 0 aliphatic heterocycles. The van der Waals surface area contributed by atoms with Crippen molar-refractivity contribution in [2.45, 2.75) is 32.6 Å². The normalized spacial score (nSPS) is 11.2. The minimum Gasteiger partial charge on any atom is -0.315 e. The summed E-state index contributed by atoms with van der Waals surface area (Å²) in [5.41, 5.74) is 2.41. The zero-order chi connectivity index (χ0) is 28.9. The maximum atomic E-state index is 13.6. The number of hydrogen-bond acceptors (Lipinski definition) is 3. The van der Waals surface area contributed by atoms with Crippen molar-refractivity contribution in [1.82, 2.24) is 14.7 Å². The van der Waals surface area contributed by atoms with Gasteiger partial charge in [0, 0.05) is 23.7 Å². The Labute approximate surface area is 242 Å². The van der Waals surface area contributed by atoms with E-state index >= 15 is 0 Å². The van der Waals surface area contributed by atoms with Crippen LogP contribution < -0.4 is 10.6 Å². The second-order valence-electron chi connectivity index (χ2n) is 10.3. The summed E-state index contributed by atoms with van der Waals surface area (Å²) in [6.45, 7) is 6.08. The molecule has 3 aromatic carbocycles. The first kappa shape index (κ1) is 29.1. The number of para-hydroxylation sites is 1. The molecular formula is C30H30Cl2FN5O2. The lowest BCUT2D eigenvalue weighted by Gasteiger charge is -2.23. The van der Waals surface area contributed by atoms with Crippen LogP contribution in [0.5, 0.6) is 0 Å². The molecule has 208 valence electrons. The Bertz CT molecular complexity index is 1500. The van der Waals surface area contributed by atoms with Gasteiger partial charge in [-0.2, -0.15) is 5.10 Å². The van der Waals surface area contributed by atoms with E-state index in [1.807, 2.05) is 69.3 Å². The van der Waals surface area contributed by atoms with Crippen LogP contribution in [-0.4, -0.2) is 39.7 Å². The fourth-order valence-electron chi connectivity index (χ4n) is 3.94. The van der Waals surface area contributed by atoms with Crippen molar-refractivity contribution in [2.75, 3.05) is 23.7 Å². The third-order valence-corrected chi connectivity index (χ3v) is 6.74. The minimum atomic E-state index is -0.593. The van der Waals surface area contributed by atoms with Gasteiger partial charge in [-0.3, -0.25) is 4.79 Å². The number of benzene rings is 3. The lowest BCUT2D eigenvalue weighted by atomic mass is 9.92. The number of nitrogens with zero attached hydrogens (tertiary/aromatic N) is 3. The van der Waals surface area contributed by atoms with Crippen molar-refractivity contribution in [3.63, 3.8) is 0 Å². The van der Waals surface area contributed by atoms with Crippen molar-refractivity contribution in [2.24, 2.45) is 0 Å². The quantitative estimate of drug-likeness (QED) is 0.228. The van der Waals surface area contributed by atoms with Gasteiger partial charge in [0.1, 0.15) is 18.2 Å². The van der Waals surface area contributed by atoms with Gasteiger partial charge in [0.2, 0.25) is 5.91 Å². The molecule has 4 aromatic rings. The lowest BCUT2D eigenvalue weighted by molar-refractivity contribution is -0.116. The molecular weight excluding hydrogens is 552 g/mol. The van der Waals surface area contributed by atoms with E-state index in [0.717, 1.165) is 11.3 Å². The Hall–Kier alpha value is -3.88. The number of nitrogens with one attached hydrogen (secondary N) is 2. The third kappa shape index (κ3) is 7.40. The highest BCUT2D eigenvalue weighted by Gasteiger charge is 2.24. The molecule has 0 aliphatic carbocycles. The second-order valence-corrected chi connectivity index (χ2v) is 11.1. The number of anilines is 2. The first-order valence-corrected chi connectivity index (χ1v) is 13.5. The summed E-state index contributed by atoms with van der Waals surface area (Å²) in [7, 11) is 0. The van der Waals surface area contributed by atoms with Crippen LogP contribution in [0, 0.1) is 5.82 Å². The van der Waals surface area contributed by atoms with Crippen LogP contribution in [0.25, 0.3) is 5.69 Å². The van der Waals surface area contributed by atoms with Gasteiger partial charge in [-0.15, -0.1) is 0 Å². The summed E-state index contributed by atoms with van der Waals surface area (Å²) in [4.78, 5) is 28.0. The average Bonchev–Trinajstić information content (AvgIpc) is 3.33. The summed E-state index contributed by atoms with van der Waals surface area (Å²) in [6.07, 6.45) is 0.525. The Morgan fingerprint density at radius 3 is 2.30 bits per heavy atom. The van der Waals surface area contributed by atoms with Crippen molar-refractivity contribution in [3.8, 4) is 5.69 Å². The molecule has 7 nitrogen and oxygen atoms in total. The Kier molecular flexibility index (Phi) is 9.12. The maximum absolute atomic E-state index is 13.6. The SMILES string of the molecule is CC(C)(C)c1cc(NC(=O)CN(CCc2ccccc2)C(=O)Nc2ccc(F)c(Cl)c2)n(-c2ccccc2Cl)n1. The van der Waals surface area contributed by atoms with Crippen LogP contribution in [0.3, 0.4) is 0 Å². The Morgan fingerprint density at radius 1 is 0.925 bits per heavy atom. The zero-order valence-electron chi connectivity index (χ0n) is 22.4. The van der Waals surface area contributed by atoms with Crippen LogP contribution in [0.2, 0.25) is 10.0 Å². The number of halogens is 3. The van der Waals surface area contributed by atoms with Gasteiger partial charge in [-0.05, 0) is 42.3 Å². The molecule has 0 saturated carbocycles. The zero-order valence-corrected chi connectivity index (χ0v) is 23.9. The number of amides is 3. The highest BCUT2D eigenvalue weighted by atomic mass is 35.5. The van der Waals surface area contributed by atoms with Gasteiger partial charge in [0.25, 0.3) is 0 Å². The van der Waals surface area contributed by atoms with Gasteiger partial charge in [0.05, 0.1) is 21.4 Å². The predicted octanol–water partition coefficient (Wildman–Crippen LogP) is 7.33. The summed E-state index contributed by atoms with van der Waals surface area (Å²) in [6, 6.07) is 22.0. The third-order valence-electron chi connectivity index (χ3n) is 6.13. The summed E-state index contributed by atoms with van der Waals surface area (Å²) < 4.78 is 15.2. The topological polar surface area (TPSA) is 79.3 Å². The average molecular weight is 583 g/mol. The van der Waals surface area contributed by atoms with Crippen molar-refractivity contribution in [3.05, 3.63) is 106 Å². The van der Waals surface area contributed by atoms with Gasteiger partial charge >= 0.3 is 6.03 Å². The van der Waals surface area contributed by atoms with Crippen LogP contribution in [0.4, 0.5) is 20.7 Å². The van der Waals surface area contributed by atoms with E-state index in [1.54, 1.807) is 16.8 Å². The summed E-state index contributed by atoms with van der Waals surface area (Å²) in [5, 5.41) is 10.7. The van der Waals surface area contributed by atoms with Gasteiger partial charge in [-0.1, -0.05) is 86.4 Å². The molecule has 0 atom stereocenters. The highest BCUT2D eigenvalue weighted by Crippen LogP contribution is 2.29. The van der Waals surface area contributed by atoms with Gasteiger partial charge in [-0.25, -0.2) is 13.9 Å². The second kappa shape index (κ2) is 12.5. The molecule has 0 saturated heterocycles. The summed E-state index contributed by atoms with van der Waals surface area (Å²) >= 11 is 12.3. The predicted molar refractivity (Wildman–Crippen MR) is 158 cm³/mol. The van der Waals surface area contributed by atoms with E-state index in [1.165, 1.54) is 23.1 Å². The Balaban J connectivity index is 1.57. The number of rotatable bonds is 8. The molecule has 1 aromatic heterocycles. The van der Waals surface area contributed by atoms with E-state index in [9.17, 15) is 14.0 Å². The first-order chi connectivity index (χ1) is 19.0. The summed E-state index contributed by atoms with van der Waals surface area (Å²) in [5.74, 6) is -0.587. The molecule has 4 rings (SSSR count). The molecule has 10 heteroatoms. The van der Waals surface area contributed by atoms with E-state index < -0.39 is 17.8 Å². The Morgan fingerprint density at radius 2 is 1.62 bits per heavy atom. The monoisotopic (exact) mass is 581 g/mol. The molecule has 1 heterocycles. The van der Waals surface area contributed by atoms with Gasteiger partial charge < -0.3 is 15.5 Å². The van der Waals surface area contributed by atoms with Crippen molar-refractivity contribution in [1.29, 1.82) is 0 Å². The standard InChI is InChI=1S/C30H30Cl2FN5O2/c1-30(2,3)26-18-27(38(36-26)25-12-8-7-11-22(25)31)35-28(39)19-37(16-15-20-9-5-4-6-10-20)29(40)34-21-13-14-24(33)23(32)17-21/h4-14,17-18H,15-16,19H2,1-3H3,(H,34,40)(H,35,39). The smallest absolute Gasteiger partial charge is 0.315 e. The molecule has 3 amide bonds. The number of carbonyl (C=O) groups is 2. The fourth-order valence-corrected chi connectivity index (χ4v) is 4.33. The lowest BCUT2D eigenvalue weighted by Crippen LogP contribution is -2.42. The largest absolute Gasteiger partial charge is 0.322 e. The van der Waals surface area contributed by atoms with Crippen LogP contribution in [-0.2, 0) is 16.6 Å². The molecule has 0 radical (unpaired) electrons. The fraction of sp³-hybridized carbons (Fsp3) is 0.233. The highest BCUT2D eigenvalue weighted by molar-refractivity contribution is 6.32. The molecule has 0 aliphatic rings. The van der Waals surface area contributed by atoms with Crippen LogP contribution in [0.15, 0.2) is 78.9 Å². The molecule has 0 bridgehead atoms. The molecule has 40 heavy (non-hydrogen) atoms.